The molecular formula is C19H20N4O3. The molecular weight excluding hydrogens is 332 g/mol. The first-order valence-electron chi connectivity index (χ1n) is 8.06. The van der Waals surface area contributed by atoms with Gasteiger partial charge in [0, 0.05) is 11.8 Å². The van der Waals surface area contributed by atoms with Crippen LogP contribution < -0.4 is 14.8 Å². The second-order valence-corrected chi connectivity index (χ2v) is 5.80. The molecule has 26 heavy (non-hydrogen) atoms. The summed E-state index contributed by atoms with van der Waals surface area (Å²) >= 11 is 0. The van der Waals surface area contributed by atoms with E-state index in [0.29, 0.717) is 28.6 Å². The van der Waals surface area contributed by atoms with Crippen LogP contribution >= 0.6 is 0 Å². The van der Waals surface area contributed by atoms with Crippen LogP contribution in [-0.4, -0.2) is 35.1 Å². The first-order valence-corrected chi connectivity index (χ1v) is 8.06. The monoisotopic (exact) mass is 352 g/mol. The van der Waals surface area contributed by atoms with Crippen LogP contribution in [0.4, 0.5) is 5.69 Å². The molecule has 0 radical (unpaired) electrons. The summed E-state index contributed by atoms with van der Waals surface area (Å²) in [5.74, 6) is 0.937. The van der Waals surface area contributed by atoms with Gasteiger partial charge in [0.05, 0.1) is 19.9 Å². The van der Waals surface area contributed by atoms with Crippen LogP contribution in [0.15, 0.2) is 42.5 Å². The van der Waals surface area contributed by atoms with E-state index in [0.717, 1.165) is 5.56 Å². The Morgan fingerprint density at radius 2 is 1.88 bits per heavy atom. The number of aromatic nitrogens is 3. The van der Waals surface area contributed by atoms with E-state index in [-0.39, 0.29) is 11.6 Å². The first-order chi connectivity index (χ1) is 12.5. The van der Waals surface area contributed by atoms with Crippen molar-refractivity contribution in [2.24, 2.45) is 0 Å². The average Bonchev–Trinajstić information content (AvgIpc) is 3.02. The number of benzene rings is 2. The summed E-state index contributed by atoms with van der Waals surface area (Å²) in [6, 6.07) is 12.9. The van der Waals surface area contributed by atoms with E-state index < -0.39 is 0 Å². The summed E-state index contributed by atoms with van der Waals surface area (Å²) in [5, 5.41) is 11.0. The lowest BCUT2D eigenvalue weighted by molar-refractivity contribution is 0.102. The molecule has 0 fully saturated rings. The zero-order valence-corrected chi connectivity index (χ0v) is 15.1. The highest BCUT2D eigenvalue weighted by molar-refractivity contribution is 6.03. The number of nitrogens with one attached hydrogen (secondary N) is 1. The molecule has 1 heterocycles. The molecule has 134 valence electrons. The van der Waals surface area contributed by atoms with Crippen LogP contribution in [0.5, 0.6) is 11.5 Å². The topological polar surface area (TPSA) is 78.3 Å². The minimum Gasteiger partial charge on any atom is -0.497 e. The van der Waals surface area contributed by atoms with Gasteiger partial charge in [0.2, 0.25) is 0 Å². The lowest BCUT2D eigenvalue weighted by atomic mass is 10.2. The third-order valence-electron chi connectivity index (χ3n) is 4.00. The molecule has 7 heteroatoms. The fourth-order valence-corrected chi connectivity index (χ4v) is 2.64. The second kappa shape index (κ2) is 7.26. The number of aryl methyl sites for hydroxylation is 1. The summed E-state index contributed by atoms with van der Waals surface area (Å²) < 4.78 is 12.2. The van der Waals surface area contributed by atoms with E-state index in [1.807, 2.05) is 31.2 Å². The van der Waals surface area contributed by atoms with Crippen LogP contribution in [0.1, 0.15) is 21.7 Å². The fraction of sp³-hybridized carbons (Fsp3) is 0.211. The maximum Gasteiger partial charge on any atom is 0.278 e. The van der Waals surface area contributed by atoms with Gasteiger partial charge in [-0.15, -0.1) is 5.10 Å². The van der Waals surface area contributed by atoms with E-state index in [1.54, 1.807) is 44.0 Å². The minimum absolute atomic E-state index is 0.247. The summed E-state index contributed by atoms with van der Waals surface area (Å²) in [6.07, 6.45) is 0. The summed E-state index contributed by atoms with van der Waals surface area (Å²) in [7, 11) is 3.16. The average molecular weight is 352 g/mol. The molecule has 1 aromatic heterocycles. The molecule has 0 aliphatic rings. The number of rotatable bonds is 5. The SMILES string of the molecule is COc1ccc(OC)c(-n2nnc(C(=O)Nc3cccc(C)c3)c2C)c1. The highest BCUT2D eigenvalue weighted by atomic mass is 16.5. The van der Waals surface area contributed by atoms with E-state index in [4.69, 9.17) is 9.47 Å². The van der Waals surface area contributed by atoms with Gasteiger partial charge in [0.15, 0.2) is 5.69 Å². The maximum atomic E-state index is 12.6. The number of anilines is 1. The molecule has 2 aromatic carbocycles. The Morgan fingerprint density at radius 3 is 2.58 bits per heavy atom. The number of carbonyl (C=O) groups is 1. The van der Waals surface area contributed by atoms with Crippen molar-refractivity contribution in [2.75, 3.05) is 19.5 Å². The van der Waals surface area contributed by atoms with Crippen LogP contribution in [-0.2, 0) is 0 Å². The molecule has 1 amide bonds. The summed E-state index contributed by atoms with van der Waals surface area (Å²) in [4.78, 5) is 12.6. The third-order valence-corrected chi connectivity index (χ3v) is 4.00. The molecule has 0 saturated heterocycles. The predicted octanol–water partition coefficient (Wildman–Crippen LogP) is 3.15. The van der Waals surface area contributed by atoms with Gasteiger partial charge < -0.3 is 14.8 Å². The van der Waals surface area contributed by atoms with Crippen molar-refractivity contribution in [2.45, 2.75) is 13.8 Å². The van der Waals surface area contributed by atoms with Crippen LogP contribution in [0.25, 0.3) is 5.69 Å². The van der Waals surface area contributed by atoms with Gasteiger partial charge in [-0.05, 0) is 43.7 Å². The largest absolute Gasteiger partial charge is 0.497 e. The number of hydrogen-bond donors (Lipinski definition) is 1. The second-order valence-electron chi connectivity index (χ2n) is 5.80. The van der Waals surface area contributed by atoms with Crippen molar-refractivity contribution in [3.05, 3.63) is 59.4 Å². The van der Waals surface area contributed by atoms with E-state index >= 15 is 0 Å². The first kappa shape index (κ1) is 17.5. The van der Waals surface area contributed by atoms with E-state index in [9.17, 15) is 4.79 Å². The molecule has 0 saturated carbocycles. The number of nitrogens with zero attached hydrogens (tertiary/aromatic N) is 3. The van der Waals surface area contributed by atoms with Crippen molar-refractivity contribution in [3.63, 3.8) is 0 Å². The Kier molecular flexibility index (Phi) is 4.88. The van der Waals surface area contributed by atoms with Gasteiger partial charge in [-0.3, -0.25) is 4.79 Å². The number of methoxy groups -OCH3 is 2. The molecule has 0 unspecified atom stereocenters. The Hall–Kier alpha value is -3.35. The summed E-state index contributed by atoms with van der Waals surface area (Å²) in [5.41, 5.74) is 3.26. The lowest BCUT2D eigenvalue weighted by Crippen LogP contribution is -2.14. The Balaban J connectivity index is 1.94. The highest BCUT2D eigenvalue weighted by Gasteiger charge is 2.20. The Morgan fingerprint density at radius 1 is 1.08 bits per heavy atom. The molecule has 1 N–H and O–H groups in total. The van der Waals surface area contributed by atoms with Gasteiger partial charge in [-0.2, -0.15) is 0 Å². The smallest absolute Gasteiger partial charge is 0.278 e. The highest BCUT2D eigenvalue weighted by Crippen LogP contribution is 2.28. The van der Waals surface area contributed by atoms with Crippen molar-refractivity contribution in [3.8, 4) is 17.2 Å². The standard InChI is InChI=1S/C19H20N4O3/c1-12-6-5-7-14(10-12)20-19(24)18-13(2)23(22-21-18)16-11-15(25-3)8-9-17(16)26-4/h5-11H,1-4H3,(H,20,24). The van der Waals surface area contributed by atoms with Gasteiger partial charge in [-0.25, -0.2) is 4.68 Å². The number of hydrogen-bond acceptors (Lipinski definition) is 5. The zero-order valence-electron chi connectivity index (χ0n) is 15.1. The van der Waals surface area contributed by atoms with Gasteiger partial charge in [0.1, 0.15) is 17.2 Å². The Bertz CT molecular complexity index is 950. The predicted molar refractivity (Wildman–Crippen MR) is 98.3 cm³/mol. The van der Waals surface area contributed by atoms with Gasteiger partial charge in [0.25, 0.3) is 5.91 Å². The van der Waals surface area contributed by atoms with E-state index in [2.05, 4.69) is 15.6 Å². The lowest BCUT2D eigenvalue weighted by Gasteiger charge is -2.11. The fourth-order valence-electron chi connectivity index (χ4n) is 2.64. The summed E-state index contributed by atoms with van der Waals surface area (Å²) in [6.45, 7) is 3.75. The van der Waals surface area contributed by atoms with E-state index in [1.165, 1.54) is 0 Å². The van der Waals surface area contributed by atoms with Crippen LogP contribution in [0.2, 0.25) is 0 Å². The Labute approximate surface area is 151 Å². The number of amides is 1. The molecule has 0 bridgehead atoms. The van der Waals surface area contributed by atoms with Gasteiger partial charge in [-0.1, -0.05) is 17.3 Å². The molecule has 0 spiro atoms. The molecule has 0 aliphatic carbocycles. The third kappa shape index (κ3) is 3.37. The zero-order chi connectivity index (χ0) is 18.7. The number of carbonyl (C=O) groups excluding carboxylic acids is 1. The van der Waals surface area contributed by atoms with Crippen molar-refractivity contribution in [1.82, 2.24) is 15.0 Å². The van der Waals surface area contributed by atoms with Crippen molar-refractivity contribution >= 4 is 11.6 Å². The molecule has 0 aliphatic heterocycles. The van der Waals surface area contributed by atoms with Gasteiger partial charge >= 0.3 is 0 Å². The number of ether oxygens (including phenoxy) is 2. The molecule has 3 rings (SSSR count). The van der Waals surface area contributed by atoms with Crippen molar-refractivity contribution in [1.29, 1.82) is 0 Å². The molecule has 3 aromatic rings. The molecule has 7 nitrogen and oxygen atoms in total. The maximum absolute atomic E-state index is 12.6. The normalized spacial score (nSPS) is 10.5. The van der Waals surface area contributed by atoms with Crippen molar-refractivity contribution < 1.29 is 14.3 Å². The minimum atomic E-state index is -0.318. The molecule has 0 atom stereocenters. The van der Waals surface area contributed by atoms with Crippen LogP contribution in [0.3, 0.4) is 0 Å². The quantitative estimate of drug-likeness (QED) is 0.763. The van der Waals surface area contributed by atoms with Crippen LogP contribution in [0, 0.1) is 13.8 Å².